The van der Waals surface area contributed by atoms with Crippen LogP contribution < -0.4 is 34.7 Å². The molecule has 1 unspecified atom stereocenters. The van der Waals surface area contributed by atoms with Crippen LogP contribution in [0.1, 0.15) is 19.8 Å². The van der Waals surface area contributed by atoms with Crippen LogP contribution in [-0.2, 0) is 4.79 Å². The molecule has 4 heteroatoms. The Morgan fingerprint density at radius 3 is 2.33 bits per heavy atom. The van der Waals surface area contributed by atoms with Crippen molar-refractivity contribution in [2.45, 2.75) is 25.1 Å². The molecule has 0 amide bonds. The molecule has 0 radical (unpaired) electrons. The molecule has 9 heavy (non-hydrogen) atoms. The first-order valence-corrected chi connectivity index (χ1v) is 2.97. The van der Waals surface area contributed by atoms with Gasteiger partial charge in [-0.1, -0.05) is 13.3 Å². The summed E-state index contributed by atoms with van der Waals surface area (Å²) in [5, 5.41) is 9.04. The number of carbonyl (C=O) groups is 1. The molecular weight excluding hydrogens is 150 g/mol. The van der Waals surface area contributed by atoms with Crippen LogP contribution in [0.25, 0.3) is 0 Å². The fraction of sp³-hybridized carbons (Fsp3) is 0.800. The first-order valence-electron chi connectivity index (χ1n) is 2.53. The van der Waals surface area contributed by atoms with Crippen LogP contribution in [0.2, 0.25) is 0 Å². The zero-order chi connectivity index (χ0) is 6.57. The maximum absolute atomic E-state index is 9.85. The van der Waals surface area contributed by atoms with E-state index in [-0.39, 0.29) is 29.6 Å². The molecule has 0 aromatic rings. The molecule has 2 nitrogen and oxygen atoms in total. The van der Waals surface area contributed by atoms with Gasteiger partial charge in [-0.3, -0.25) is 0 Å². The van der Waals surface area contributed by atoms with Crippen molar-refractivity contribution in [1.82, 2.24) is 0 Å². The van der Waals surface area contributed by atoms with E-state index in [1.165, 1.54) is 0 Å². The van der Waals surface area contributed by atoms with Crippen molar-refractivity contribution in [2.24, 2.45) is 0 Å². The average Bonchev–Trinajstić information content (AvgIpc) is 1.67. The van der Waals surface area contributed by atoms with Gasteiger partial charge in [0.2, 0.25) is 0 Å². The van der Waals surface area contributed by atoms with Crippen molar-refractivity contribution in [1.29, 1.82) is 0 Å². The van der Waals surface area contributed by atoms with Gasteiger partial charge in [-0.05, 0) is 6.42 Å². The second kappa shape index (κ2) is 6.87. The molecule has 0 aromatic carbocycles. The van der Waals surface area contributed by atoms with Crippen molar-refractivity contribution in [2.75, 3.05) is 0 Å². The molecule has 0 spiro atoms. The molecule has 0 aliphatic carbocycles. The number of alkyl halides is 1. The van der Waals surface area contributed by atoms with Crippen LogP contribution in [0, 0.1) is 0 Å². The summed E-state index contributed by atoms with van der Waals surface area (Å²) in [5.41, 5.74) is 0. The Balaban J connectivity index is 0. The molecule has 0 aromatic heterocycles. The normalized spacial score (nSPS) is 11.8. The molecule has 0 bridgehead atoms. The SMILES string of the molecule is CCCC(Cl)C(=O)[O-].[Na+]. The molecule has 0 heterocycles. The summed E-state index contributed by atoms with van der Waals surface area (Å²) in [7, 11) is 0. The summed E-state index contributed by atoms with van der Waals surface area (Å²) >= 11 is 5.25. The maximum Gasteiger partial charge on any atom is 1.00 e. The third-order valence-electron chi connectivity index (χ3n) is 0.798. The van der Waals surface area contributed by atoms with E-state index in [2.05, 4.69) is 0 Å². The van der Waals surface area contributed by atoms with E-state index in [0.717, 1.165) is 6.42 Å². The van der Waals surface area contributed by atoms with E-state index >= 15 is 0 Å². The van der Waals surface area contributed by atoms with Crippen molar-refractivity contribution in [3.05, 3.63) is 0 Å². The number of carboxylic acid groups (broad SMARTS) is 1. The van der Waals surface area contributed by atoms with Gasteiger partial charge in [0.1, 0.15) is 0 Å². The Morgan fingerprint density at radius 2 is 2.22 bits per heavy atom. The second-order valence-corrected chi connectivity index (χ2v) is 2.10. The number of hydrogen-bond acceptors (Lipinski definition) is 2. The van der Waals surface area contributed by atoms with Crippen LogP contribution in [0.15, 0.2) is 0 Å². The minimum absolute atomic E-state index is 0. The number of carboxylic acids is 1. The zero-order valence-electron chi connectivity index (χ0n) is 5.69. The van der Waals surface area contributed by atoms with Gasteiger partial charge in [0.25, 0.3) is 0 Å². The minimum Gasteiger partial charge on any atom is -0.549 e. The Hall–Kier alpha value is 0.760. The number of halogens is 1. The predicted octanol–water partition coefficient (Wildman–Crippen LogP) is -2.85. The predicted molar refractivity (Wildman–Crippen MR) is 29.6 cm³/mol. The maximum atomic E-state index is 9.85. The van der Waals surface area contributed by atoms with Crippen LogP contribution in [-0.4, -0.2) is 11.3 Å². The van der Waals surface area contributed by atoms with Gasteiger partial charge in [0.05, 0.1) is 11.3 Å². The summed E-state index contributed by atoms with van der Waals surface area (Å²) < 4.78 is 0. The summed E-state index contributed by atoms with van der Waals surface area (Å²) in [6, 6.07) is 0. The van der Waals surface area contributed by atoms with Crippen LogP contribution in [0.4, 0.5) is 0 Å². The Labute approximate surface area is 81.9 Å². The summed E-state index contributed by atoms with van der Waals surface area (Å²) in [6.45, 7) is 1.87. The third-order valence-corrected chi connectivity index (χ3v) is 1.19. The Kier molecular flexibility index (Phi) is 9.50. The van der Waals surface area contributed by atoms with Crippen molar-refractivity contribution >= 4 is 17.6 Å². The molecule has 0 aliphatic heterocycles. The van der Waals surface area contributed by atoms with E-state index in [1.54, 1.807) is 0 Å². The van der Waals surface area contributed by atoms with Crippen molar-refractivity contribution in [3.63, 3.8) is 0 Å². The molecule has 0 saturated carbocycles. The Bertz CT molecular complexity index is 87.0. The molecule has 48 valence electrons. The molecular formula is C5H8ClNaO2. The van der Waals surface area contributed by atoms with Gasteiger partial charge < -0.3 is 9.90 Å². The van der Waals surface area contributed by atoms with E-state index < -0.39 is 11.3 Å². The fourth-order valence-corrected chi connectivity index (χ4v) is 0.590. The van der Waals surface area contributed by atoms with Gasteiger partial charge in [0, 0.05) is 0 Å². The molecule has 0 saturated heterocycles. The molecule has 1 atom stereocenters. The van der Waals surface area contributed by atoms with Gasteiger partial charge in [-0.15, -0.1) is 11.6 Å². The van der Waals surface area contributed by atoms with Gasteiger partial charge >= 0.3 is 29.6 Å². The first kappa shape index (κ1) is 12.4. The number of hydrogen-bond donors (Lipinski definition) is 0. The van der Waals surface area contributed by atoms with Crippen LogP contribution in [0.5, 0.6) is 0 Å². The number of aliphatic carboxylic acids is 1. The topological polar surface area (TPSA) is 40.1 Å². The van der Waals surface area contributed by atoms with Gasteiger partial charge in [-0.25, -0.2) is 0 Å². The fourth-order valence-electron chi connectivity index (χ4n) is 0.371. The zero-order valence-corrected chi connectivity index (χ0v) is 8.44. The largest absolute Gasteiger partial charge is 1.00 e. The van der Waals surface area contributed by atoms with Gasteiger partial charge in [0.15, 0.2) is 0 Å². The molecule has 0 aliphatic rings. The monoisotopic (exact) mass is 158 g/mol. The van der Waals surface area contributed by atoms with E-state index in [1.807, 2.05) is 6.92 Å². The summed E-state index contributed by atoms with van der Waals surface area (Å²) in [4.78, 5) is 9.85. The summed E-state index contributed by atoms with van der Waals surface area (Å²) in [6.07, 6.45) is 1.27. The van der Waals surface area contributed by atoms with Crippen molar-refractivity contribution < 1.29 is 39.5 Å². The smallest absolute Gasteiger partial charge is 0.549 e. The second-order valence-electron chi connectivity index (χ2n) is 1.58. The van der Waals surface area contributed by atoms with Gasteiger partial charge in [-0.2, -0.15) is 0 Å². The van der Waals surface area contributed by atoms with Crippen molar-refractivity contribution in [3.8, 4) is 0 Å². The van der Waals surface area contributed by atoms with E-state index in [4.69, 9.17) is 11.6 Å². The third kappa shape index (κ3) is 6.65. The molecule has 0 rings (SSSR count). The number of carbonyl (C=O) groups excluding carboxylic acids is 1. The summed E-state index contributed by atoms with van der Waals surface area (Å²) in [5.74, 6) is -1.17. The van der Waals surface area contributed by atoms with Crippen LogP contribution >= 0.6 is 11.6 Å². The van der Waals surface area contributed by atoms with Crippen LogP contribution in [0.3, 0.4) is 0 Å². The molecule has 0 fully saturated rings. The minimum atomic E-state index is -1.17. The quantitative estimate of drug-likeness (QED) is 0.328. The average molecular weight is 159 g/mol. The standard InChI is InChI=1S/C5H9ClO2.Na/c1-2-3-4(6)5(7)8;/h4H,2-3H2,1H3,(H,7,8);/q;+1/p-1. The molecule has 0 N–H and O–H groups in total. The number of rotatable bonds is 3. The Morgan fingerprint density at radius 1 is 1.78 bits per heavy atom. The van der Waals surface area contributed by atoms with E-state index in [0.29, 0.717) is 6.42 Å². The van der Waals surface area contributed by atoms with E-state index in [9.17, 15) is 9.90 Å². The first-order chi connectivity index (χ1) is 3.68.